The van der Waals surface area contributed by atoms with Crippen LogP contribution in [0.5, 0.6) is 11.6 Å². The molecule has 0 saturated carbocycles. The molecule has 0 aliphatic carbocycles. The van der Waals surface area contributed by atoms with Crippen LogP contribution in [0.15, 0.2) is 42.7 Å². The molecule has 5 rings (SSSR count). The maximum absolute atomic E-state index is 11.7. The maximum atomic E-state index is 11.7. The van der Waals surface area contributed by atoms with Crippen molar-refractivity contribution in [3.8, 4) is 22.9 Å². The number of β-amino-alcohol motifs (C(OH)–C–C–N with tert-alkyl or cyclic N) is 1. The monoisotopic (exact) mass is 628 g/mol. The maximum Gasteiger partial charge on any atom is 0.305 e. The molecule has 43 heavy (non-hydrogen) atoms. The molecule has 0 spiro atoms. The number of pyridine rings is 1. The molecule has 12 heteroatoms. The number of hydrogen-bond donors (Lipinski definition) is 1. The van der Waals surface area contributed by atoms with Crippen molar-refractivity contribution in [1.82, 2.24) is 24.8 Å². The fourth-order valence-corrected chi connectivity index (χ4v) is 6.15. The van der Waals surface area contributed by atoms with Gasteiger partial charge in [-0.3, -0.25) is 14.6 Å². The molecule has 1 N–H and O–H groups in total. The number of carbonyl (C=O) groups excluding carboxylic acids is 1. The topological polar surface area (TPSA) is 104 Å². The predicted molar refractivity (Wildman–Crippen MR) is 167 cm³/mol. The van der Waals surface area contributed by atoms with Crippen molar-refractivity contribution in [2.24, 2.45) is 5.92 Å². The second kappa shape index (κ2) is 14.6. The quantitative estimate of drug-likeness (QED) is 0.311. The molecule has 230 valence electrons. The Bertz CT molecular complexity index is 1360. The predicted octanol–water partition coefficient (Wildman–Crippen LogP) is 4.92. The highest BCUT2D eigenvalue weighted by atomic mass is 35.5. The summed E-state index contributed by atoms with van der Waals surface area (Å²) in [6.07, 6.45) is 5.35. The van der Waals surface area contributed by atoms with E-state index in [0.29, 0.717) is 58.7 Å². The van der Waals surface area contributed by atoms with E-state index in [1.165, 1.54) is 7.11 Å². The molecule has 0 bridgehead atoms. The standard InChI is InChI=1S/C31H38Cl2N6O4/c1-21(40)19-38-7-9-39(10-8-38)31-34-17-27(18-35-31)43-29-12-23(11-28(36-29)24-14-25(32)16-26(33)15-24)20-37-5-3-22(4-6-37)13-30(41)42-2/h11-12,14-18,21-22,40H,3-10,13,19-20H2,1-2H3. The van der Waals surface area contributed by atoms with Gasteiger partial charge in [0.2, 0.25) is 11.8 Å². The number of nitrogens with zero attached hydrogens (tertiary/aromatic N) is 6. The van der Waals surface area contributed by atoms with Crippen LogP contribution in [0.2, 0.25) is 10.0 Å². The molecule has 3 aromatic rings. The van der Waals surface area contributed by atoms with Crippen LogP contribution in [-0.4, -0.2) is 94.9 Å². The number of halogens is 2. The molecule has 0 amide bonds. The largest absolute Gasteiger partial charge is 0.469 e. The first-order valence-corrected chi connectivity index (χ1v) is 15.4. The van der Waals surface area contributed by atoms with Crippen molar-refractivity contribution in [2.45, 2.75) is 38.8 Å². The molecule has 2 aliphatic heterocycles. The minimum atomic E-state index is -0.340. The smallest absolute Gasteiger partial charge is 0.305 e. The Morgan fingerprint density at radius 3 is 2.28 bits per heavy atom. The lowest BCUT2D eigenvalue weighted by Crippen LogP contribution is -2.48. The van der Waals surface area contributed by atoms with Crippen molar-refractivity contribution >= 4 is 35.1 Å². The van der Waals surface area contributed by atoms with Crippen LogP contribution < -0.4 is 9.64 Å². The molecule has 10 nitrogen and oxygen atoms in total. The molecule has 2 aliphatic rings. The van der Waals surface area contributed by atoms with Crippen LogP contribution in [0.25, 0.3) is 11.3 Å². The third-order valence-corrected chi connectivity index (χ3v) is 8.27. The molecule has 4 heterocycles. The summed E-state index contributed by atoms with van der Waals surface area (Å²) in [6.45, 7) is 8.26. The Morgan fingerprint density at radius 2 is 1.65 bits per heavy atom. The Morgan fingerprint density at radius 1 is 0.977 bits per heavy atom. The molecular weight excluding hydrogens is 591 g/mol. The second-order valence-corrected chi connectivity index (χ2v) is 12.2. The summed E-state index contributed by atoms with van der Waals surface area (Å²) in [7, 11) is 1.44. The number of hydrogen-bond acceptors (Lipinski definition) is 10. The minimum Gasteiger partial charge on any atom is -0.469 e. The van der Waals surface area contributed by atoms with Gasteiger partial charge in [-0.15, -0.1) is 0 Å². The van der Waals surface area contributed by atoms with Crippen LogP contribution >= 0.6 is 23.2 Å². The number of esters is 1. The summed E-state index contributed by atoms with van der Waals surface area (Å²) < 4.78 is 11.0. The van der Waals surface area contributed by atoms with Gasteiger partial charge in [-0.05, 0) is 68.6 Å². The van der Waals surface area contributed by atoms with Crippen LogP contribution in [0.3, 0.4) is 0 Å². The zero-order chi connectivity index (χ0) is 30.3. The highest BCUT2D eigenvalue weighted by Crippen LogP contribution is 2.31. The van der Waals surface area contributed by atoms with E-state index in [4.69, 9.17) is 37.7 Å². The number of benzene rings is 1. The van der Waals surface area contributed by atoms with Crippen LogP contribution in [0.1, 0.15) is 31.7 Å². The van der Waals surface area contributed by atoms with Gasteiger partial charge < -0.3 is 19.5 Å². The number of rotatable bonds is 10. The van der Waals surface area contributed by atoms with E-state index in [1.54, 1.807) is 18.5 Å². The average molecular weight is 630 g/mol. The van der Waals surface area contributed by atoms with Gasteiger partial charge in [0, 0.05) is 67.4 Å². The number of aliphatic hydroxyl groups is 1. The lowest BCUT2D eigenvalue weighted by molar-refractivity contribution is -0.142. The zero-order valence-corrected chi connectivity index (χ0v) is 26.1. The normalized spacial score (nSPS) is 17.6. The SMILES string of the molecule is COC(=O)CC1CCN(Cc2cc(Oc3cnc(N4CCN(CC(C)O)CC4)nc3)nc(-c3cc(Cl)cc(Cl)c3)c2)CC1. The van der Waals surface area contributed by atoms with Gasteiger partial charge >= 0.3 is 5.97 Å². The molecule has 2 fully saturated rings. The number of aliphatic hydroxyl groups excluding tert-OH is 1. The lowest BCUT2D eigenvalue weighted by atomic mass is 9.93. The van der Waals surface area contributed by atoms with E-state index in [0.717, 1.165) is 63.2 Å². The first-order chi connectivity index (χ1) is 20.7. The highest BCUT2D eigenvalue weighted by molar-refractivity contribution is 6.35. The van der Waals surface area contributed by atoms with Crippen molar-refractivity contribution < 1.29 is 19.4 Å². The first-order valence-electron chi connectivity index (χ1n) is 14.7. The van der Waals surface area contributed by atoms with Crippen LogP contribution in [0, 0.1) is 5.92 Å². The fraction of sp³-hybridized carbons (Fsp3) is 0.484. The summed E-state index contributed by atoms with van der Waals surface area (Å²) in [4.78, 5) is 32.3. The van der Waals surface area contributed by atoms with E-state index >= 15 is 0 Å². The van der Waals surface area contributed by atoms with Gasteiger partial charge in [0.25, 0.3) is 0 Å². The number of ether oxygens (including phenoxy) is 2. The van der Waals surface area contributed by atoms with Crippen molar-refractivity contribution in [3.05, 3.63) is 58.3 Å². The summed E-state index contributed by atoms with van der Waals surface area (Å²) >= 11 is 12.6. The average Bonchev–Trinajstić information content (AvgIpc) is 2.98. The van der Waals surface area contributed by atoms with Gasteiger partial charge in [-0.25, -0.2) is 15.0 Å². The molecule has 1 unspecified atom stereocenters. The third kappa shape index (κ3) is 9.00. The summed E-state index contributed by atoms with van der Waals surface area (Å²) in [5.74, 6) is 1.76. The number of likely N-dealkylation sites (tertiary alicyclic amines) is 1. The van der Waals surface area contributed by atoms with Gasteiger partial charge in [-0.2, -0.15) is 0 Å². The van der Waals surface area contributed by atoms with E-state index in [9.17, 15) is 9.90 Å². The number of carbonyl (C=O) groups is 1. The molecule has 2 aromatic heterocycles. The molecule has 0 radical (unpaired) electrons. The van der Waals surface area contributed by atoms with E-state index in [2.05, 4.69) is 24.7 Å². The first kappa shape index (κ1) is 31.4. The summed E-state index contributed by atoms with van der Waals surface area (Å²) in [6, 6.07) is 9.33. The van der Waals surface area contributed by atoms with Gasteiger partial charge in [0.05, 0.1) is 31.3 Å². The van der Waals surface area contributed by atoms with E-state index in [-0.39, 0.29) is 12.1 Å². The van der Waals surface area contributed by atoms with Gasteiger partial charge in [0.1, 0.15) is 0 Å². The van der Waals surface area contributed by atoms with E-state index < -0.39 is 0 Å². The van der Waals surface area contributed by atoms with E-state index in [1.807, 2.05) is 31.2 Å². The summed E-state index contributed by atoms with van der Waals surface area (Å²) in [5, 5.41) is 10.7. The van der Waals surface area contributed by atoms with Crippen LogP contribution in [0.4, 0.5) is 5.95 Å². The Labute approximate surface area is 262 Å². The summed E-state index contributed by atoms with van der Waals surface area (Å²) in [5.41, 5.74) is 2.53. The highest BCUT2D eigenvalue weighted by Gasteiger charge is 2.23. The minimum absolute atomic E-state index is 0.147. The molecule has 2 saturated heterocycles. The Kier molecular flexibility index (Phi) is 10.7. The fourth-order valence-electron chi connectivity index (χ4n) is 5.63. The number of methoxy groups -OCH3 is 1. The van der Waals surface area contributed by atoms with Gasteiger partial charge in [-0.1, -0.05) is 23.2 Å². The Balaban J connectivity index is 1.29. The van der Waals surface area contributed by atoms with Crippen molar-refractivity contribution in [2.75, 3.05) is 57.8 Å². The lowest BCUT2D eigenvalue weighted by Gasteiger charge is -2.35. The number of piperazine rings is 1. The Hall–Kier alpha value is -3.02. The zero-order valence-electron chi connectivity index (χ0n) is 24.6. The number of aromatic nitrogens is 3. The van der Waals surface area contributed by atoms with Crippen LogP contribution in [-0.2, 0) is 16.1 Å². The number of anilines is 1. The molecular formula is C31H38Cl2N6O4. The molecule has 1 aromatic carbocycles. The molecule has 1 atom stereocenters. The second-order valence-electron chi connectivity index (χ2n) is 11.3. The van der Waals surface area contributed by atoms with Crippen molar-refractivity contribution in [1.29, 1.82) is 0 Å². The number of piperidine rings is 1. The van der Waals surface area contributed by atoms with Crippen molar-refractivity contribution in [3.63, 3.8) is 0 Å². The van der Waals surface area contributed by atoms with Gasteiger partial charge in [0.15, 0.2) is 5.75 Å². The third-order valence-electron chi connectivity index (χ3n) is 7.83.